The van der Waals surface area contributed by atoms with Gasteiger partial charge in [0.15, 0.2) is 11.7 Å². The van der Waals surface area contributed by atoms with Crippen molar-refractivity contribution in [1.82, 2.24) is 4.98 Å². The van der Waals surface area contributed by atoms with Gasteiger partial charge in [0.05, 0.1) is 0 Å². The highest BCUT2D eigenvalue weighted by molar-refractivity contribution is 7.14. The number of carbonyl (C=O) groups excluding carboxylic acids is 1. The Morgan fingerprint density at radius 1 is 0.914 bits per heavy atom. The number of carboxylic acids is 1. The standard InChI is InChI=1S/C26H22N4O4S/c27-22(31)16-34-30-23(24(32)33)21-17-35-25(28-21)29-26(18-10-4-1-5-11-18,19-12-6-2-7-13-19)20-14-8-3-9-15-20/h1-15,17H,16H2,(H2,27,31)(H,28,29)(H,32,33)/b30-23-. The maximum absolute atomic E-state index is 11.8. The van der Waals surface area contributed by atoms with E-state index in [2.05, 4.69) is 15.5 Å². The molecule has 4 rings (SSSR count). The molecule has 35 heavy (non-hydrogen) atoms. The number of anilines is 1. The van der Waals surface area contributed by atoms with E-state index in [1.165, 1.54) is 11.3 Å². The fourth-order valence-corrected chi connectivity index (χ4v) is 4.49. The number of carbonyl (C=O) groups is 2. The molecule has 0 saturated heterocycles. The van der Waals surface area contributed by atoms with Gasteiger partial charge in [-0.05, 0) is 16.7 Å². The van der Waals surface area contributed by atoms with Crippen molar-refractivity contribution in [1.29, 1.82) is 0 Å². The molecule has 1 amide bonds. The van der Waals surface area contributed by atoms with Crippen LogP contribution in [0.1, 0.15) is 22.4 Å². The van der Waals surface area contributed by atoms with Crippen LogP contribution in [-0.4, -0.2) is 34.3 Å². The molecular weight excluding hydrogens is 464 g/mol. The Hall–Kier alpha value is -4.50. The van der Waals surface area contributed by atoms with Gasteiger partial charge in [-0.2, -0.15) is 0 Å². The number of aromatic nitrogens is 1. The second-order valence-electron chi connectivity index (χ2n) is 7.50. The Kier molecular flexibility index (Phi) is 7.18. The molecule has 0 atom stereocenters. The zero-order valence-electron chi connectivity index (χ0n) is 18.5. The quantitative estimate of drug-likeness (QED) is 0.178. The predicted molar refractivity (Wildman–Crippen MR) is 134 cm³/mol. The van der Waals surface area contributed by atoms with Crippen molar-refractivity contribution in [3.05, 3.63) is 119 Å². The Morgan fingerprint density at radius 2 is 1.40 bits per heavy atom. The van der Waals surface area contributed by atoms with Crippen molar-refractivity contribution in [2.75, 3.05) is 11.9 Å². The van der Waals surface area contributed by atoms with E-state index in [4.69, 9.17) is 10.6 Å². The molecule has 0 fully saturated rings. The maximum atomic E-state index is 11.8. The minimum absolute atomic E-state index is 0.0950. The molecule has 1 aromatic heterocycles. The van der Waals surface area contributed by atoms with E-state index in [-0.39, 0.29) is 5.69 Å². The van der Waals surface area contributed by atoms with E-state index in [0.29, 0.717) is 5.13 Å². The zero-order chi connectivity index (χ0) is 24.7. The Balaban J connectivity index is 1.82. The molecule has 0 radical (unpaired) electrons. The summed E-state index contributed by atoms with van der Waals surface area (Å²) in [5.74, 6) is -2.11. The molecule has 176 valence electrons. The van der Waals surface area contributed by atoms with Gasteiger partial charge in [-0.3, -0.25) is 4.79 Å². The molecule has 1 heterocycles. The molecule has 0 aliphatic rings. The third kappa shape index (κ3) is 5.20. The van der Waals surface area contributed by atoms with Gasteiger partial charge in [-0.25, -0.2) is 9.78 Å². The molecule has 0 bridgehead atoms. The van der Waals surface area contributed by atoms with Crippen LogP contribution in [0.4, 0.5) is 5.13 Å². The summed E-state index contributed by atoms with van der Waals surface area (Å²) in [7, 11) is 0. The molecule has 3 aromatic carbocycles. The predicted octanol–water partition coefficient (Wildman–Crippen LogP) is 3.84. The van der Waals surface area contributed by atoms with Crippen molar-refractivity contribution in [2.24, 2.45) is 10.9 Å². The number of thiazole rings is 1. The monoisotopic (exact) mass is 486 g/mol. The van der Waals surface area contributed by atoms with E-state index >= 15 is 0 Å². The number of aliphatic carboxylic acids is 1. The van der Waals surface area contributed by atoms with Crippen molar-refractivity contribution in [3.63, 3.8) is 0 Å². The summed E-state index contributed by atoms with van der Waals surface area (Å²) in [6.45, 7) is -0.537. The lowest BCUT2D eigenvalue weighted by molar-refractivity contribution is -0.130. The SMILES string of the molecule is NC(=O)CO/N=C(\C(=O)O)c1csc(NC(c2ccccc2)(c2ccccc2)c2ccccc2)n1. The lowest BCUT2D eigenvalue weighted by atomic mass is 9.77. The first-order chi connectivity index (χ1) is 17.0. The fraction of sp³-hybridized carbons (Fsp3) is 0.0769. The Labute approximate surface area is 205 Å². The van der Waals surface area contributed by atoms with E-state index in [1.54, 1.807) is 5.38 Å². The van der Waals surface area contributed by atoms with Crippen LogP contribution >= 0.6 is 11.3 Å². The molecule has 4 N–H and O–H groups in total. The van der Waals surface area contributed by atoms with Crippen molar-refractivity contribution < 1.29 is 19.5 Å². The lowest BCUT2D eigenvalue weighted by Gasteiger charge is -2.36. The largest absolute Gasteiger partial charge is 0.476 e. The number of hydrogen-bond donors (Lipinski definition) is 3. The highest BCUT2D eigenvalue weighted by Crippen LogP contribution is 2.40. The van der Waals surface area contributed by atoms with Crippen molar-refractivity contribution >= 4 is 34.1 Å². The summed E-state index contributed by atoms with van der Waals surface area (Å²) in [4.78, 5) is 31.9. The highest BCUT2D eigenvalue weighted by Gasteiger charge is 2.37. The van der Waals surface area contributed by atoms with Crippen LogP contribution in [0.3, 0.4) is 0 Å². The molecular formula is C26H22N4O4S. The molecule has 0 spiro atoms. The summed E-state index contributed by atoms with van der Waals surface area (Å²) in [6, 6.07) is 29.9. The number of hydrogen-bond acceptors (Lipinski definition) is 7. The molecule has 8 nitrogen and oxygen atoms in total. The van der Waals surface area contributed by atoms with Crippen molar-refractivity contribution in [3.8, 4) is 0 Å². The number of benzene rings is 3. The first-order valence-corrected chi connectivity index (χ1v) is 11.5. The summed E-state index contributed by atoms with van der Waals surface area (Å²) >= 11 is 1.23. The third-order valence-corrected chi connectivity index (χ3v) is 5.98. The number of carboxylic acid groups (broad SMARTS) is 1. The maximum Gasteiger partial charge on any atom is 0.360 e. The van der Waals surface area contributed by atoms with Gasteiger partial charge >= 0.3 is 5.97 Å². The number of rotatable bonds is 10. The van der Waals surface area contributed by atoms with E-state index in [0.717, 1.165) is 16.7 Å². The Morgan fingerprint density at radius 3 is 1.83 bits per heavy atom. The number of nitrogens with one attached hydrogen (secondary N) is 1. The van der Waals surface area contributed by atoms with Crippen LogP contribution in [0.2, 0.25) is 0 Å². The molecule has 9 heteroatoms. The number of amides is 1. The van der Waals surface area contributed by atoms with Gasteiger partial charge in [0.25, 0.3) is 5.91 Å². The Bertz CT molecular complexity index is 1230. The van der Waals surface area contributed by atoms with Crippen LogP contribution in [0.25, 0.3) is 0 Å². The summed E-state index contributed by atoms with van der Waals surface area (Å²) < 4.78 is 0. The average Bonchev–Trinajstić information content (AvgIpc) is 3.34. The van der Waals surface area contributed by atoms with Gasteiger partial charge in [0.1, 0.15) is 11.2 Å². The second-order valence-corrected chi connectivity index (χ2v) is 8.35. The second kappa shape index (κ2) is 10.6. The van der Waals surface area contributed by atoms with Gasteiger partial charge in [-0.1, -0.05) is 96.2 Å². The summed E-state index contributed by atoms with van der Waals surface area (Å²) in [5.41, 5.74) is 6.81. The first-order valence-electron chi connectivity index (χ1n) is 10.6. The summed E-state index contributed by atoms with van der Waals surface area (Å²) in [5, 5.41) is 18.7. The minimum Gasteiger partial charge on any atom is -0.476 e. The van der Waals surface area contributed by atoms with Gasteiger partial charge < -0.3 is 21.0 Å². The normalized spacial score (nSPS) is 11.6. The average molecular weight is 487 g/mol. The zero-order valence-corrected chi connectivity index (χ0v) is 19.3. The van der Waals surface area contributed by atoms with Gasteiger partial charge in [-0.15, -0.1) is 11.3 Å². The van der Waals surface area contributed by atoms with Crippen LogP contribution in [0.5, 0.6) is 0 Å². The van der Waals surface area contributed by atoms with Crippen LogP contribution in [0, 0.1) is 0 Å². The molecule has 4 aromatic rings. The van der Waals surface area contributed by atoms with Crippen molar-refractivity contribution in [2.45, 2.75) is 5.54 Å². The first kappa shape index (κ1) is 23.7. The topological polar surface area (TPSA) is 127 Å². The fourth-order valence-electron chi connectivity index (χ4n) is 3.74. The molecule has 0 saturated carbocycles. The van der Waals surface area contributed by atoms with Crippen LogP contribution < -0.4 is 11.1 Å². The third-order valence-electron chi connectivity index (χ3n) is 5.23. The van der Waals surface area contributed by atoms with E-state index in [9.17, 15) is 14.7 Å². The molecule has 0 aliphatic carbocycles. The number of oxime groups is 1. The number of nitrogens with zero attached hydrogens (tertiary/aromatic N) is 2. The molecule has 0 aliphatic heterocycles. The van der Waals surface area contributed by atoms with Gasteiger partial charge in [0, 0.05) is 5.38 Å². The smallest absolute Gasteiger partial charge is 0.360 e. The minimum atomic E-state index is -1.34. The van der Waals surface area contributed by atoms with Crippen LogP contribution in [-0.2, 0) is 20.0 Å². The van der Waals surface area contributed by atoms with E-state index in [1.807, 2.05) is 91.0 Å². The van der Waals surface area contributed by atoms with E-state index < -0.39 is 29.7 Å². The molecule has 0 unspecified atom stereocenters. The number of nitrogens with two attached hydrogens (primary N) is 1. The summed E-state index contributed by atoms with van der Waals surface area (Å²) in [6.07, 6.45) is 0. The highest BCUT2D eigenvalue weighted by atomic mass is 32.1. The number of primary amides is 1. The van der Waals surface area contributed by atoms with Crippen LogP contribution in [0.15, 0.2) is 102 Å². The lowest BCUT2D eigenvalue weighted by Crippen LogP contribution is -2.38. The van der Waals surface area contributed by atoms with Gasteiger partial charge in [0.2, 0.25) is 5.71 Å².